The maximum Gasteiger partial charge on any atom is 0.0540 e. The van der Waals surface area contributed by atoms with Crippen LogP contribution in [0.5, 0.6) is 0 Å². The topological polar surface area (TPSA) is 3.24 Å². The molecule has 0 atom stereocenters. The first-order valence-corrected chi connectivity index (χ1v) is 19.0. The first-order chi connectivity index (χ1) is 27.3. The Morgan fingerprint density at radius 3 is 1.07 bits per heavy atom. The van der Waals surface area contributed by atoms with Crippen LogP contribution < -0.4 is 4.90 Å². The maximum atomic E-state index is 2.42. The van der Waals surface area contributed by atoms with Gasteiger partial charge in [0, 0.05) is 16.8 Å². The molecule has 0 N–H and O–H groups in total. The van der Waals surface area contributed by atoms with Crippen LogP contribution >= 0.6 is 0 Å². The van der Waals surface area contributed by atoms with Crippen molar-refractivity contribution in [2.24, 2.45) is 0 Å². The van der Waals surface area contributed by atoms with Gasteiger partial charge < -0.3 is 4.90 Å². The Hall–Kier alpha value is -7.22. The quantitative estimate of drug-likeness (QED) is 0.128. The van der Waals surface area contributed by atoms with Gasteiger partial charge in [-0.15, -0.1) is 0 Å². The van der Waals surface area contributed by atoms with E-state index >= 15 is 0 Å². The standard InChI is InChI=1S/C54H35N/c1-6-17-45-36(12-1)28-33-51-50(45)22-11-23-52(51)55(43-29-24-37(25-30-43)53-46-18-7-2-13-39(46)34-40-14-3-8-19-47(40)53)44-31-26-38(27-32-44)54-48-20-9-4-15-41(48)35-42-16-5-10-21-49(42)54/h1-35H. The smallest absolute Gasteiger partial charge is 0.0540 e. The third-order valence-electron chi connectivity index (χ3n) is 11.4. The third kappa shape index (κ3) is 5.16. The fraction of sp³-hybridized carbons (Fsp3) is 0. The van der Waals surface area contributed by atoms with Gasteiger partial charge in [0.15, 0.2) is 0 Å². The monoisotopic (exact) mass is 697 g/mol. The lowest BCUT2D eigenvalue weighted by Gasteiger charge is -2.28. The van der Waals surface area contributed by atoms with Crippen LogP contribution in [0.1, 0.15) is 0 Å². The fourth-order valence-corrected chi connectivity index (χ4v) is 8.85. The van der Waals surface area contributed by atoms with Crippen LogP contribution in [0.2, 0.25) is 0 Å². The van der Waals surface area contributed by atoms with E-state index < -0.39 is 0 Å². The Morgan fingerprint density at radius 1 is 0.236 bits per heavy atom. The van der Waals surface area contributed by atoms with E-state index in [0.717, 1.165) is 17.1 Å². The second-order valence-electron chi connectivity index (χ2n) is 14.5. The summed E-state index contributed by atoms with van der Waals surface area (Å²) in [5.74, 6) is 0. The molecule has 0 fully saturated rings. The highest BCUT2D eigenvalue weighted by atomic mass is 15.1. The molecule has 0 saturated carbocycles. The lowest BCUT2D eigenvalue weighted by molar-refractivity contribution is 1.30. The van der Waals surface area contributed by atoms with E-state index in [0.29, 0.717) is 0 Å². The molecule has 0 aliphatic rings. The minimum Gasteiger partial charge on any atom is -0.310 e. The molecule has 0 spiro atoms. The maximum absolute atomic E-state index is 2.42. The largest absolute Gasteiger partial charge is 0.310 e. The van der Waals surface area contributed by atoms with Crippen molar-refractivity contribution in [3.8, 4) is 22.3 Å². The Labute approximate surface area is 320 Å². The minimum absolute atomic E-state index is 1.11. The van der Waals surface area contributed by atoms with Crippen molar-refractivity contribution in [2.75, 3.05) is 4.90 Å². The van der Waals surface area contributed by atoms with Crippen molar-refractivity contribution in [2.45, 2.75) is 0 Å². The van der Waals surface area contributed by atoms with E-state index in [2.05, 4.69) is 217 Å². The zero-order chi connectivity index (χ0) is 36.3. The molecule has 0 aromatic heterocycles. The van der Waals surface area contributed by atoms with Crippen LogP contribution in [0.3, 0.4) is 0 Å². The van der Waals surface area contributed by atoms with Crippen molar-refractivity contribution < 1.29 is 0 Å². The lowest BCUT2D eigenvalue weighted by Crippen LogP contribution is -2.10. The number of benzene rings is 11. The molecular weight excluding hydrogens is 663 g/mol. The Bertz CT molecular complexity index is 2980. The molecule has 0 amide bonds. The van der Waals surface area contributed by atoms with Gasteiger partial charge in [0.05, 0.1) is 5.69 Å². The van der Waals surface area contributed by atoms with E-state index in [1.807, 2.05) is 0 Å². The molecule has 0 saturated heterocycles. The summed E-state index contributed by atoms with van der Waals surface area (Å²) in [5, 5.41) is 15.1. The summed E-state index contributed by atoms with van der Waals surface area (Å²) in [7, 11) is 0. The van der Waals surface area contributed by atoms with Gasteiger partial charge in [-0.05, 0) is 124 Å². The Kier molecular flexibility index (Phi) is 7.25. The van der Waals surface area contributed by atoms with Gasteiger partial charge in [0.2, 0.25) is 0 Å². The van der Waals surface area contributed by atoms with E-state index in [1.165, 1.54) is 86.9 Å². The first kappa shape index (κ1) is 31.3. The van der Waals surface area contributed by atoms with Crippen LogP contribution in [-0.2, 0) is 0 Å². The van der Waals surface area contributed by atoms with Gasteiger partial charge >= 0.3 is 0 Å². The molecule has 11 aromatic rings. The number of nitrogens with zero attached hydrogens (tertiary/aromatic N) is 1. The first-order valence-electron chi connectivity index (χ1n) is 19.0. The molecular formula is C54H35N. The number of fused-ring (bicyclic) bond motifs is 7. The van der Waals surface area contributed by atoms with Crippen molar-refractivity contribution in [3.63, 3.8) is 0 Å². The van der Waals surface area contributed by atoms with E-state index in [9.17, 15) is 0 Å². The van der Waals surface area contributed by atoms with Crippen LogP contribution in [0.4, 0.5) is 17.1 Å². The van der Waals surface area contributed by atoms with Crippen LogP contribution in [0.25, 0.3) is 86.9 Å². The van der Waals surface area contributed by atoms with Gasteiger partial charge in [-0.2, -0.15) is 0 Å². The fourth-order valence-electron chi connectivity index (χ4n) is 8.85. The van der Waals surface area contributed by atoms with Gasteiger partial charge in [-0.25, -0.2) is 0 Å². The summed E-state index contributed by atoms with van der Waals surface area (Å²) < 4.78 is 0. The number of hydrogen-bond acceptors (Lipinski definition) is 1. The SMILES string of the molecule is c1ccc2c(-c3ccc(N(c4ccc(-c5c6ccccc6cc6ccccc56)cc4)c4cccc5c4ccc4ccccc45)cc3)c3ccccc3cc2c1. The van der Waals surface area contributed by atoms with Crippen molar-refractivity contribution in [3.05, 3.63) is 212 Å². The molecule has 0 heterocycles. The summed E-state index contributed by atoms with van der Waals surface area (Å²) in [4.78, 5) is 2.42. The Balaban J connectivity index is 1.10. The molecule has 0 bridgehead atoms. The average Bonchev–Trinajstić information content (AvgIpc) is 3.25. The molecule has 0 aliphatic carbocycles. The Morgan fingerprint density at radius 2 is 0.618 bits per heavy atom. The molecule has 256 valence electrons. The summed E-state index contributed by atoms with van der Waals surface area (Å²) in [6, 6.07) is 77.9. The number of anilines is 3. The third-order valence-corrected chi connectivity index (χ3v) is 11.4. The minimum atomic E-state index is 1.11. The van der Waals surface area contributed by atoms with Crippen LogP contribution in [0, 0.1) is 0 Å². The molecule has 11 rings (SSSR count). The van der Waals surface area contributed by atoms with E-state index in [4.69, 9.17) is 0 Å². The molecule has 0 unspecified atom stereocenters. The number of rotatable bonds is 5. The highest BCUT2D eigenvalue weighted by Gasteiger charge is 2.19. The zero-order valence-corrected chi connectivity index (χ0v) is 30.2. The molecule has 1 nitrogen and oxygen atoms in total. The van der Waals surface area contributed by atoms with Gasteiger partial charge in [0.1, 0.15) is 0 Å². The van der Waals surface area contributed by atoms with Gasteiger partial charge in [0.25, 0.3) is 0 Å². The number of hydrogen-bond donors (Lipinski definition) is 0. The predicted octanol–water partition coefficient (Wildman–Crippen LogP) is 15.4. The second-order valence-corrected chi connectivity index (χ2v) is 14.5. The summed E-state index contributed by atoms with van der Waals surface area (Å²) in [5.41, 5.74) is 8.33. The van der Waals surface area contributed by atoms with E-state index in [-0.39, 0.29) is 0 Å². The van der Waals surface area contributed by atoms with Crippen molar-refractivity contribution >= 4 is 81.7 Å². The van der Waals surface area contributed by atoms with Crippen molar-refractivity contribution in [1.29, 1.82) is 0 Å². The average molecular weight is 698 g/mol. The predicted molar refractivity (Wildman–Crippen MR) is 237 cm³/mol. The normalized spacial score (nSPS) is 11.6. The zero-order valence-electron chi connectivity index (χ0n) is 30.2. The molecule has 55 heavy (non-hydrogen) atoms. The second kappa shape index (κ2) is 12.7. The molecule has 0 aliphatic heterocycles. The van der Waals surface area contributed by atoms with Gasteiger partial charge in [-0.3, -0.25) is 0 Å². The summed E-state index contributed by atoms with van der Waals surface area (Å²) >= 11 is 0. The van der Waals surface area contributed by atoms with Crippen molar-refractivity contribution in [1.82, 2.24) is 0 Å². The molecule has 11 aromatic carbocycles. The highest BCUT2D eigenvalue weighted by molar-refractivity contribution is 6.15. The lowest BCUT2D eigenvalue weighted by atomic mass is 9.91. The van der Waals surface area contributed by atoms with Crippen LogP contribution in [0.15, 0.2) is 212 Å². The summed E-state index contributed by atoms with van der Waals surface area (Å²) in [6.07, 6.45) is 0. The molecule has 0 radical (unpaired) electrons. The highest BCUT2D eigenvalue weighted by Crippen LogP contribution is 2.44. The van der Waals surface area contributed by atoms with Gasteiger partial charge in [-0.1, -0.05) is 170 Å². The molecule has 1 heteroatoms. The van der Waals surface area contributed by atoms with E-state index in [1.54, 1.807) is 0 Å². The summed E-state index contributed by atoms with van der Waals surface area (Å²) in [6.45, 7) is 0. The van der Waals surface area contributed by atoms with Crippen LogP contribution in [-0.4, -0.2) is 0 Å².